The molecule has 2 aromatic heterocycles. The lowest BCUT2D eigenvalue weighted by Crippen LogP contribution is -2.26. The Kier molecular flexibility index (Phi) is 5.71. The van der Waals surface area contributed by atoms with Crippen molar-refractivity contribution < 1.29 is 4.79 Å². The van der Waals surface area contributed by atoms with E-state index in [4.69, 9.17) is 5.73 Å². The minimum atomic E-state index is -0.115. The Hall–Kier alpha value is -3.33. The van der Waals surface area contributed by atoms with E-state index in [0.29, 0.717) is 23.4 Å². The van der Waals surface area contributed by atoms with Gasteiger partial charge in [-0.2, -0.15) is 9.97 Å². The molecule has 9 nitrogen and oxygen atoms in total. The summed E-state index contributed by atoms with van der Waals surface area (Å²) in [5, 5.41) is 6.61. The Labute approximate surface area is 175 Å². The van der Waals surface area contributed by atoms with Gasteiger partial charge in [-0.3, -0.25) is 10.1 Å². The quantitative estimate of drug-likeness (QED) is 0.571. The van der Waals surface area contributed by atoms with Crippen LogP contribution in [0.15, 0.2) is 36.7 Å². The van der Waals surface area contributed by atoms with Gasteiger partial charge in [-0.15, -0.1) is 0 Å². The van der Waals surface area contributed by atoms with E-state index in [9.17, 15) is 4.79 Å². The fourth-order valence-electron chi connectivity index (χ4n) is 3.40. The van der Waals surface area contributed by atoms with E-state index in [0.717, 1.165) is 30.9 Å². The second-order valence-corrected chi connectivity index (χ2v) is 7.98. The number of carbonyl (C=O) groups is 1. The maximum absolute atomic E-state index is 12.0. The smallest absolute Gasteiger partial charge is 0.231 e. The highest BCUT2D eigenvalue weighted by atomic mass is 16.1. The number of nitrogens with zero attached hydrogens (tertiary/aromatic N) is 5. The topological polar surface area (TPSA) is 122 Å². The first-order valence-corrected chi connectivity index (χ1v) is 10.1. The van der Waals surface area contributed by atoms with E-state index in [2.05, 4.69) is 47.6 Å². The van der Waals surface area contributed by atoms with Gasteiger partial charge in [-0.1, -0.05) is 13.8 Å². The second kappa shape index (κ2) is 8.58. The van der Waals surface area contributed by atoms with Crippen LogP contribution in [0.5, 0.6) is 0 Å². The van der Waals surface area contributed by atoms with Gasteiger partial charge in [0.1, 0.15) is 0 Å². The average Bonchev–Trinajstić information content (AvgIpc) is 3.14. The van der Waals surface area contributed by atoms with E-state index in [1.807, 2.05) is 26.0 Å². The first-order valence-electron chi connectivity index (χ1n) is 10.1. The summed E-state index contributed by atoms with van der Waals surface area (Å²) < 4.78 is 0. The van der Waals surface area contributed by atoms with E-state index in [1.54, 1.807) is 12.4 Å². The molecular formula is C21H26N8O. The van der Waals surface area contributed by atoms with Crippen molar-refractivity contribution in [2.75, 3.05) is 28.6 Å². The van der Waals surface area contributed by atoms with E-state index < -0.39 is 0 Å². The lowest BCUT2D eigenvalue weighted by Gasteiger charge is -2.18. The third-order valence-electron chi connectivity index (χ3n) is 4.89. The average molecular weight is 406 g/mol. The van der Waals surface area contributed by atoms with Crippen molar-refractivity contribution in [3.8, 4) is 0 Å². The zero-order chi connectivity index (χ0) is 21.1. The van der Waals surface area contributed by atoms with Crippen molar-refractivity contribution in [2.24, 2.45) is 11.7 Å². The first kappa shape index (κ1) is 20.0. The summed E-state index contributed by atoms with van der Waals surface area (Å²) in [4.78, 5) is 31.5. The monoisotopic (exact) mass is 406 g/mol. The zero-order valence-electron chi connectivity index (χ0n) is 17.2. The Morgan fingerprint density at radius 3 is 2.53 bits per heavy atom. The number of hydrogen-bond donors (Lipinski definition) is 3. The van der Waals surface area contributed by atoms with E-state index in [1.165, 1.54) is 0 Å². The number of nitrogens with two attached hydrogens (primary N) is 1. The number of hydrogen-bond acceptors (Lipinski definition) is 8. The summed E-state index contributed by atoms with van der Waals surface area (Å²) in [6, 6.07) is 8.35. The highest BCUT2D eigenvalue weighted by Crippen LogP contribution is 2.23. The van der Waals surface area contributed by atoms with Gasteiger partial charge in [-0.25, -0.2) is 9.97 Å². The maximum atomic E-state index is 12.0. The zero-order valence-corrected chi connectivity index (χ0v) is 17.2. The van der Waals surface area contributed by atoms with Crippen molar-refractivity contribution in [1.29, 1.82) is 0 Å². The summed E-state index contributed by atoms with van der Waals surface area (Å²) in [7, 11) is 0. The van der Waals surface area contributed by atoms with Gasteiger partial charge < -0.3 is 16.0 Å². The van der Waals surface area contributed by atoms with Gasteiger partial charge in [0, 0.05) is 49.3 Å². The van der Waals surface area contributed by atoms with Crippen LogP contribution in [-0.4, -0.2) is 45.0 Å². The molecule has 156 valence electrons. The van der Waals surface area contributed by atoms with Crippen molar-refractivity contribution in [2.45, 2.75) is 32.7 Å². The summed E-state index contributed by atoms with van der Waals surface area (Å²) >= 11 is 0. The van der Waals surface area contributed by atoms with Gasteiger partial charge in [0.25, 0.3) is 0 Å². The molecule has 1 amide bonds. The molecule has 1 unspecified atom stereocenters. The number of nitrogens with one attached hydrogen (secondary N) is 2. The number of carbonyl (C=O) groups excluding carboxylic acids is 1. The van der Waals surface area contributed by atoms with Crippen LogP contribution in [0.25, 0.3) is 11.0 Å². The number of amides is 1. The third-order valence-corrected chi connectivity index (χ3v) is 4.89. The summed E-state index contributed by atoms with van der Waals surface area (Å²) in [6.07, 6.45) is 4.70. The maximum Gasteiger partial charge on any atom is 0.231 e. The fourth-order valence-corrected chi connectivity index (χ4v) is 3.40. The normalized spacial score (nSPS) is 16.3. The molecule has 4 rings (SSSR count). The lowest BCUT2D eigenvalue weighted by atomic mass is 10.1. The number of aromatic nitrogens is 4. The molecule has 9 heteroatoms. The molecule has 3 heterocycles. The fraction of sp³-hybridized carbons (Fsp3) is 0.381. The minimum absolute atomic E-state index is 0.115. The second-order valence-electron chi connectivity index (χ2n) is 7.98. The largest absolute Gasteiger partial charge is 0.370 e. The molecule has 1 aromatic carbocycles. The van der Waals surface area contributed by atoms with Gasteiger partial charge >= 0.3 is 0 Å². The van der Waals surface area contributed by atoms with Crippen molar-refractivity contribution >= 4 is 40.2 Å². The summed E-state index contributed by atoms with van der Waals surface area (Å²) in [6.45, 7) is 5.84. The highest BCUT2D eigenvalue weighted by molar-refractivity contribution is 5.89. The molecule has 1 aliphatic heterocycles. The SMILES string of the molecule is CC(C)CC(=O)Nc1ncc2cnc(Nc3ccc(N4CCC(N)C4)cc3)nc2n1. The van der Waals surface area contributed by atoms with E-state index >= 15 is 0 Å². The van der Waals surface area contributed by atoms with E-state index in [-0.39, 0.29) is 23.8 Å². The van der Waals surface area contributed by atoms with Gasteiger partial charge in [0.15, 0.2) is 5.65 Å². The summed E-state index contributed by atoms with van der Waals surface area (Å²) in [5.74, 6) is 0.815. The van der Waals surface area contributed by atoms with Gasteiger partial charge in [0.2, 0.25) is 17.8 Å². The molecule has 1 saturated heterocycles. The van der Waals surface area contributed by atoms with Crippen LogP contribution >= 0.6 is 0 Å². The predicted octanol–water partition coefficient (Wildman–Crippen LogP) is 2.69. The van der Waals surface area contributed by atoms with Crippen LogP contribution in [-0.2, 0) is 4.79 Å². The Morgan fingerprint density at radius 2 is 1.87 bits per heavy atom. The molecule has 30 heavy (non-hydrogen) atoms. The molecular weight excluding hydrogens is 380 g/mol. The molecule has 1 aliphatic rings. The molecule has 0 aliphatic carbocycles. The van der Waals surface area contributed by atoms with Crippen LogP contribution in [0.1, 0.15) is 26.7 Å². The number of fused-ring (bicyclic) bond motifs is 1. The van der Waals surface area contributed by atoms with Crippen LogP contribution in [0.4, 0.5) is 23.3 Å². The Bertz CT molecular complexity index is 1040. The Morgan fingerprint density at radius 1 is 1.17 bits per heavy atom. The lowest BCUT2D eigenvalue weighted by molar-refractivity contribution is -0.116. The molecule has 3 aromatic rings. The predicted molar refractivity (Wildman–Crippen MR) is 118 cm³/mol. The number of rotatable bonds is 6. The highest BCUT2D eigenvalue weighted by Gasteiger charge is 2.19. The summed E-state index contributed by atoms with van der Waals surface area (Å²) in [5.41, 5.74) is 8.49. The number of anilines is 4. The van der Waals surface area contributed by atoms with Crippen LogP contribution in [0, 0.1) is 5.92 Å². The molecule has 1 atom stereocenters. The molecule has 1 fully saturated rings. The van der Waals surface area contributed by atoms with Crippen molar-refractivity contribution in [3.63, 3.8) is 0 Å². The standard InChI is InChI=1S/C21H26N8O/c1-13(2)9-18(30)26-21-24-11-14-10-23-20(27-19(14)28-21)25-16-3-5-17(6-4-16)29-8-7-15(22)12-29/h3-6,10-11,13,15H,7-9,12,22H2,1-2H3,(H2,23,24,25,26,27,28,30). The van der Waals surface area contributed by atoms with Gasteiger partial charge in [0.05, 0.1) is 5.39 Å². The molecule has 0 saturated carbocycles. The van der Waals surface area contributed by atoms with Crippen LogP contribution < -0.4 is 21.3 Å². The third kappa shape index (κ3) is 4.80. The molecule has 4 N–H and O–H groups in total. The molecule has 0 radical (unpaired) electrons. The van der Waals surface area contributed by atoms with Crippen molar-refractivity contribution in [3.05, 3.63) is 36.7 Å². The van der Waals surface area contributed by atoms with Crippen LogP contribution in [0.3, 0.4) is 0 Å². The Balaban J connectivity index is 1.46. The van der Waals surface area contributed by atoms with Crippen LogP contribution in [0.2, 0.25) is 0 Å². The molecule has 0 bridgehead atoms. The first-order chi connectivity index (χ1) is 14.5. The minimum Gasteiger partial charge on any atom is -0.370 e. The number of benzene rings is 1. The molecule has 0 spiro atoms. The van der Waals surface area contributed by atoms with Gasteiger partial charge in [-0.05, 0) is 36.6 Å². The van der Waals surface area contributed by atoms with Crippen molar-refractivity contribution in [1.82, 2.24) is 19.9 Å².